The maximum Gasteiger partial charge on any atom is 0.347 e. The third-order valence-corrected chi connectivity index (χ3v) is 3.56. The molecule has 0 bridgehead atoms. The van der Waals surface area contributed by atoms with Crippen LogP contribution in [0.15, 0.2) is 0 Å². The maximum absolute atomic E-state index is 12.3. The molecule has 0 heterocycles. The Morgan fingerprint density at radius 2 is 1.68 bits per heavy atom. The molecule has 1 amide bonds. The Hall–Kier alpha value is -1.59. The van der Waals surface area contributed by atoms with Crippen LogP contribution in [0.4, 0.5) is 0 Å². The van der Waals surface area contributed by atoms with Gasteiger partial charge in [0, 0.05) is 12.3 Å². The van der Waals surface area contributed by atoms with Crippen LogP contribution < -0.4 is 5.32 Å². The largest absolute Gasteiger partial charge is 0.466 e. The number of rotatable bonds is 8. The lowest BCUT2D eigenvalue weighted by atomic mass is 10.0. The fraction of sp³-hybridized carbons (Fsp3) is 0.812. The third kappa shape index (κ3) is 5.66. The molecule has 1 N–H and O–H groups in total. The summed E-state index contributed by atoms with van der Waals surface area (Å²) in [5, 5.41) is 2.70. The molecule has 1 aliphatic carbocycles. The molecule has 22 heavy (non-hydrogen) atoms. The molecule has 0 aromatic carbocycles. The van der Waals surface area contributed by atoms with Gasteiger partial charge in [-0.3, -0.25) is 4.79 Å². The van der Waals surface area contributed by atoms with Crippen molar-refractivity contribution >= 4 is 17.8 Å². The lowest BCUT2D eigenvalue weighted by Gasteiger charge is -2.24. The average molecular weight is 313 g/mol. The van der Waals surface area contributed by atoms with Crippen molar-refractivity contribution in [3.05, 3.63) is 0 Å². The molecule has 2 unspecified atom stereocenters. The highest BCUT2D eigenvalue weighted by molar-refractivity contribution is 5.86. The molecule has 0 radical (unpaired) electrons. The highest BCUT2D eigenvalue weighted by Crippen LogP contribution is 2.35. The number of carbonyl (C=O) groups is 3. The predicted octanol–water partition coefficient (Wildman–Crippen LogP) is 1.67. The Bertz CT molecular complexity index is 415. The molecule has 2 atom stereocenters. The van der Waals surface area contributed by atoms with E-state index in [2.05, 4.69) is 10.1 Å². The van der Waals surface area contributed by atoms with Gasteiger partial charge in [-0.2, -0.15) is 0 Å². The molecule has 1 saturated carbocycles. The smallest absolute Gasteiger partial charge is 0.347 e. The van der Waals surface area contributed by atoms with Gasteiger partial charge in [-0.15, -0.1) is 0 Å². The Labute approximate surface area is 131 Å². The van der Waals surface area contributed by atoms with Gasteiger partial charge in [0.05, 0.1) is 7.11 Å². The first-order valence-corrected chi connectivity index (χ1v) is 7.83. The van der Waals surface area contributed by atoms with Gasteiger partial charge >= 0.3 is 11.9 Å². The number of amides is 1. The van der Waals surface area contributed by atoms with Gasteiger partial charge in [-0.05, 0) is 24.7 Å². The van der Waals surface area contributed by atoms with Crippen LogP contribution in [0, 0.1) is 17.8 Å². The number of methoxy groups -OCH3 is 1. The molecular formula is C16H27NO5. The normalized spacial score (nSPS) is 17.0. The topological polar surface area (TPSA) is 81.7 Å². The van der Waals surface area contributed by atoms with E-state index in [0.29, 0.717) is 6.42 Å². The van der Waals surface area contributed by atoms with E-state index in [4.69, 9.17) is 4.74 Å². The van der Waals surface area contributed by atoms with Crippen LogP contribution in [-0.4, -0.2) is 37.1 Å². The molecule has 0 aromatic heterocycles. The summed E-state index contributed by atoms with van der Waals surface area (Å²) < 4.78 is 10.0. The van der Waals surface area contributed by atoms with Crippen LogP contribution in [0.2, 0.25) is 0 Å². The van der Waals surface area contributed by atoms with Gasteiger partial charge in [-0.25, -0.2) is 9.59 Å². The molecule has 6 nitrogen and oxygen atoms in total. The van der Waals surface area contributed by atoms with E-state index in [9.17, 15) is 14.4 Å². The number of carbonyl (C=O) groups excluding carboxylic acids is 3. The number of nitrogens with one attached hydrogen (secondary N) is 1. The first-order valence-electron chi connectivity index (χ1n) is 7.83. The Kier molecular flexibility index (Phi) is 6.84. The van der Waals surface area contributed by atoms with E-state index in [1.165, 1.54) is 7.11 Å². The molecule has 6 heteroatoms. The number of esters is 2. The maximum atomic E-state index is 12.3. The Balaban J connectivity index is 2.67. The molecule has 126 valence electrons. The minimum Gasteiger partial charge on any atom is -0.466 e. The summed E-state index contributed by atoms with van der Waals surface area (Å²) >= 11 is 0. The zero-order valence-electron chi connectivity index (χ0n) is 14.0. The van der Waals surface area contributed by atoms with Gasteiger partial charge in [0.1, 0.15) is 6.04 Å². The number of ether oxygens (including phenoxy) is 2. The Morgan fingerprint density at radius 1 is 1.09 bits per heavy atom. The van der Waals surface area contributed by atoms with Crippen molar-refractivity contribution in [3.63, 3.8) is 0 Å². The van der Waals surface area contributed by atoms with Crippen LogP contribution in [0.25, 0.3) is 0 Å². The zero-order valence-corrected chi connectivity index (χ0v) is 14.0. The minimum absolute atomic E-state index is 0.0376. The highest BCUT2D eigenvalue weighted by Gasteiger charge is 2.41. The predicted molar refractivity (Wildman–Crippen MR) is 80.8 cm³/mol. The van der Waals surface area contributed by atoms with Gasteiger partial charge in [0.25, 0.3) is 0 Å². The standard InChI is InChI=1S/C16H27NO5/c1-9(2)8-12(18)17-13(10(3)4)15(19)22-14(11-6-7-11)16(20)21-5/h9-11,13-14H,6-8H2,1-5H3,(H,17,18). The highest BCUT2D eigenvalue weighted by atomic mass is 16.6. The third-order valence-electron chi connectivity index (χ3n) is 3.56. The van der Waals surface area contributed by atoms with Crippen LogP contribution >= 0.6 is 0 Å². The van der Waals surface area contributed by atoms with Crippen molar-refractivity contribution in [1.82, 2.24) is 5.32 Å². The summed E-state index contributed by atoms with van der Waals surface area (Å²) in [5.74, 6) is -1.18. The van der Waals surface area contributed by atoms with E-state index in [1.54, 1.807) is 0 Å². The molecule has 1 rings (SSSR count). The zero-order chi connectivity index (χ0) is 16.9. The van der Waals surface area contributed by atoms with Crippen molar-refractivity contribution in [2.24, 2.45) is 17.8 Å². The summed E-state index contributed by atoms with van der Waals surface area (Å²) in [5.41, 5.74) is 0. The lowest BCUT2D eigenvalue weighted by molar-refractivity contribution is -0.170. The van der Waals surface area contributed by atoms with E-state index >= 15 is 0 Å². The molecule has 1 fully saturated rings. The van der Waals surface area contributed by atoms with Crippen LogP contribution in [0.5, 0.6) is 0 Å². The monoisotopic (exact) mass is 313 g/mol. The van der Waals surface area contributed by atoms with Crippen molar-refractivity contribution < 1.29 is 23.9 Å². The Morgan fingerprint density at radius 3 is 2.09 bits per heavy atom. The van der Waals surface area contributed by atoms with Crippen molar-refractivity contribution in [3.8, 4) is 0 Å². The summed E-state index contributed by atoms with van der Waals surface area (Å²) in [6, 6.07) is -0.753. The second kappa shape index (κ2) is 8.15. The summed E-state index contributed by atoms with van der Waals surface area (Å²) in [6.07, 6.45) is 1.18. The van der Waals surface area contributed by atoms with Crippen molar-refractivity contribution in [1.29, 1.82) is 0 Å². The lowest BCUT2D eigenvalue weighted by Crippen LogP contribution is -2.47. The van der Waals surface area contributed by atoms with Crippen LogP contribution in [0.1, 0.15) is 47.0 Å². The minimum atomic E-state index is -0.860. The van der Waals surface area contributed by atoms with Crippen molar-refractivity contribution in [2.75, 3.05) is 7.11 Å². The number of hydrogen-bond donors (Lipinski definition) is 1. The fourth-order valence-electron chi connectivity index (χ4n) is 2.15. The molecule has 1 aliphatic rings. The van der Waals surface area contributed by atoms with E-state index in [-0.39, 0.29) is 23.7 Å². The van der Waals surface area contributed by atoms with Gasteiger partial charge in [0.2, 0.25) is 12.0 Å². The first kappa shape index (κ1) is 18.5. The average Bonchev–Trinajstić information content (AvgIpc) is 3.24. The SMILES string of the molecule is COC(=O)C(OC(=O)C(NC(=O)CC(C)C)C(C)C)C1CC1. The molecule has 0 aromatic rings. The van der Waals surface area contributed by atoms with Gasteiger partial charge in [-0.1, -0.05) is 27.7 Å². The second-order valence-corrected chi connectivity index (χ2v) is 6.61. The molecule has 0 spiro atoms. The quantitative estimate of drug-likeness (QED) is 0.689. The van der Waals surface area contributed by atoms with Crippen LogP contribution in [-0.2, 0) is 23.9 Å². The first-order chi connectivity index (χ1) is 10.3. The van der Waals surface area contributed by atoms with Crippen LogP contribution in [0.3, 0.4) is 0 Å². The van der Waals surface area contributed by atoms with Gasteiger partial charge < -0.3 is 14.8 Å². The molecule has 0 aliphatic heterocycles. The summed E-state index contributed by atoms with van der Waals surface area (Å²) in [4.78, 5) is 35.9. The molecule has 0 saturated heterocycles. The van der Waals surface area contributed by atoms with Gasteiger partial charge in [0.15, 0.2) is 0 Å². The van der Waals surface area contributed by atoms with E-state index in [0.717, 1.165) is 12.8 Å². The summed E-state index contributed by atoms with van der Waals surface area (Å²) in [6.45, 7) is 7.52. The second-order valence-electron chi connectivity index (χ2n) is 6.61. The van der Waals surface area contributed by atoms with Crippen molar-refractivity contribution in [2.45, 2.75) is 59.1 Å². The fourth-order valence-corrected chi connectivity index (χ4v) is 2.15. The number of hydrogen-bond acceptors (Lipinski definition) is 5. The molecular weight excluding hydrogens is 286 g/mol. The van der Waals surface area contributed by atoms with E-state index in [1.807, 2.05) is 27.7 Å². The summed E-state index contributed by atoms with van der Waals surface area (Å²) in [7, 11) is 1.27. The van der Waals surface area contributed by atoms with E-state index < -0.39 is 24.1 Å².